The molecule has 4 rings (SSSR count). The van der Waals surface area contributed by atoms with Gasteiger partial charge in [0, 0.05) is 30.8 Å². The normalized spacial score (nSPS) is 17.1. The molecule has 7 nitrogen and oxygen atoms in total. The first kappa shape index (κ1) is 13.9. The van der Waals surface area contributed by atoms with Crippen molar-refractivity contribution in [2.24, 2.45) is 0 Å². The number of aromatic amines is 1. The Hall–Kier alpha value is -2.70. The number of carbonyl (C=O) groups is 2. The van der Waals surface area contributed by atoms with Crippen molar-refractivity contribution in [1.82, 2.24) is 15.4 Å². The Kier molecular flexibility index (Phi) is 3.14. The highest BCUT2D eigenvalue weighted by Gasteiger charge is 2.32. The van der Waals surface area contributed by atoms with Crippen molar-refractivity contribution >= 4 is 23.2 Å². The van der Waals surface area contributed by atoms with Gasteiger partial charge in [0.05, 0.1) is 5.69 Å². The SMILES string of the molecule is CN1C(=O)CCc2cc(NC(=O)c3n[nH]nc3C3CC3)ccc21. The highest BCUT2D eigenvalue weighted by molar-refractivity contribution is 6.04. The van der Waals surface area contributed by atoms with Gasteiger partial charge in [-0.15, -0.1) is 0 Å². The first-order valence-electron chi connectivity index (χ1n) is 7.75. The maximum Gasteiger partial charge on any atom is 0.278 e. The smallest absolute Gasteiger partial charge is 0.278 e. The number of aromatic nitrogens is 3. The lowest BCUT2D eigenvalue weighted by Crippen LogP contribution is -2.31. The first-order chi connectivity index (χ1) is 11.1. The molecular weight excluding hydrogens is 294 g/mol. The van der Waals surface area contributed by atoms with Crippen molar-refractivity contribution in [3.63, 3.8) is 0 Å². The van der Waals surface area contributed by atoms with Crippen LogP contribution in [0.5, 0.6) is 0 Å². The zero-order valence-electron chi connectivity index (χ0n) is 12.8. The summed E-state index contributed by atoms with van der Waals surface area (Å²) in [5.41, 5.74) is 3.80. The van der Waals surface area contributed by atoms with Crippen LogP contribution in [0.3, 0.4) is 0 Å². The van der Waals surface area contributed by atoms with E-state index in [0.29, 0.717) is 30.1 Å². The molecule has 0 saturated heterocycles. The molecule has 0 atom stereocenters. The second-order valence-corrected chi connectivity index (χ2v) is 6.08. The van der Waals surface area contributed by atoms with E-state index in [2.05, 4.69) is 20.7 Å². The van der Waals surface area contributed by atoms with Crippen molar-refractivity contribution in [3.05, 3.63) is 35.2 Å². The van der Waals surface area contributed by atoms with Crippen molar-refractivity contribution in [2.75, 3.05) is 17.3 Å². The van der Waals surface area contributed by atoms with Gasteiger partial charge in [-0.25, -0.2) is 0 Å². The molecule has 1 aliphatic carbocycles. The topological polar surface area (TPSA) is 91.0 Å². The number of rotatable bonds is 3. The Morgan fingerprint density at radius 2 is 2.13 bits per heavy atom. The molecule has 1 fully saturated rings. The summed E-state index contributed by atoms with van der Waals surface area (Å²) in [7, 11) is 1.77. The van der Waals surface area contributed by atoms with Gasteiger partial charge < -0.3 is 10.2 Å². The maximum absolute atomic E-state index is 12.4. The van der Waals surface area contributed by atoms with Gasteiger partial charge in [0.1, 0.15) is 0 Å². The standard InChI is InChI=1S/C16H17N5O2/c1-21-12-6-5-11(8-10(12)4-7-13(21)22)17-16(23)15-14(9-2-3-9)18-20-19-15/h5-6,8-9H,2-4,7H2,1H3,(H,17,23)(H,18,19,20). The summed E-state index contributed by atoms with van der Waals surface area (Å²) in [4.78, 5) is 25.8. The molecule has 0 spiro atoms. The predicted octanol–water partition coefficient (Wildman–Crippen LogP) is 1.84. The number of nitrogens with one attached hydrogen (secondary N) is 2. The number of hydrogen-bond donors (Lipinski definition) is 2. The van der Waals surface area contributed by atoms with Crippen LogP contribution >= 0.6 is 0 Å². The van der Waals surface area contributed by atoms with E-state index in [1.165, 1.54) is 0 Å². The molecular formula is C16H17N5O2. The Morgan fingerprint density at radius 1 is 1.30 bits per heavy atom. The lowest BCUT2D eigenvalue weighted by molar-refractivity contribution is -0.118. The highest BCUT2D eigenvalue weighted by atomic mass is 16.2. The maximum atomic E-state index is 12.4. The van der Waals surface area contributed by atoms with Crippen LogP contribution in [0.15, 0.2) is 18.2 Å². The zero-order chi connectivity index (χ0) is 16.0. The average molecular weight is 311 g/mol. The molecule has 1 saturated carbocycles. The minimum Gasteiger partial charge on any atom is -0.321 e. The number of aryl methyl sites for hydroxylation is 1. The van der Waals surface area contributed by atoms with E-state index in [0.717, 1.165) is 29.8 Å². The number of amides is 2. The number of carbonyl (C=O) groups excluding carboxylic acids is 2. The third-order valence-corrected chi connectivity index (χ3v) is 4.44. The Morgan fingerprint density at radius 3 is 2.91 bits per heavy atom. The van der Waals surface area contributed by atoms with Crippen LogP contribution in [0, 0.1) is 0 Å². The fourth-order valence-corrected chi connectivity index (χ4v) is 2.97. The van der Waals surface area contributed by atoms with E-state index in [4.69, 9.17) is 0 Å². The van der Waals surface area contributed by atoms with E-state index >= 15 is 0 Å². The third kappa shape index (κ3) is 2.48. The van der Waals surface area contributed by atoms with Gasteiger partial charge in [0.25, 0.3) is 5.91 Å². The number of anilines is 2. The molecule has 7 heteroatoms. The second kappa shape index (κ2) is 5.19. The van der Waals surface area contributed by atoms with Crippen molar-refractivity contribution in [1.29, 1.82) is 0 Å². The minimum absolute atomic E-state index is 0.117. The molecule has 0 unspecified atom stereocenters. The molecule has 0 radical (unpaired) electrons. The lowest BCUT2D eigenvalue weighted by Gasteiger charge is -2.26. The van der Waals surface area contributed by atoms with Crippen LogP contribution in [0.25, 0.3) is 0 Å². The van der Waals surface area contributed by atoms with Crippen molar-refractivity contribution in [2.45, 2.75) is 31.6 Å². The van der Waals surface area contributed by atoms with Crippen molar-refractivity contribution in [3.8, 4) is 0 Å². The Bertz CT molecular complexity index is 794. The van der Waals surface area contributed by atoms with E-state index in [-0.39, 0.29) is 11.8 Å². The largest absolute Gasteiger partial charge is 0.321 e. The van der Waals surface area contributed by atoms with Gasteiger partial charge in [-0.05, 0) is 43.0 Å². The second-order valence-electron chi connectivity index (χ2n) is 6.08. The van der Waals surface area contributed by atoms with Crippen LogP contribution in [-0.4, -0.2) is 34.3 Å². The number of benzene rings is 1. The number of hydrogen-bond acceptors (Lipinski definition) is 4. The molecule has 118 valence electrons. The van der Waals surface area contributed by atoms with Crippen LogP contribution in [0.4, 0.5) is 11.4 Å². The van der Waals surface area contributed by atoms with E-state index in [9.17, 15) is 9.59 Å². The summed E-state index contributed by atoms with van der Waals surface area (Å²) in [6, 6.07) is 5.60. The number of nitrogens with zero attached hydrogens (tertiary/aromatic N) is 3. The van der Waals surface area contributed by atoms with Crippen LogP contribution < -0.4 is 10.2 Å². The summed E-state index contributed by atoms with van der Waals surface area (Å²) in [5.74, 6) is 0.226. The summed E-state index contributed by atoms with van der Waals surface area (Å²) in [5, 5.41) is 13.5. The molecule has 2 aliphatic rings. The van der Waals surface area contributed by atoms with Crippen molar-refractivity contribution < 1.29 is 9.59 Å². The van der Waals surface area contributed by atoms with Crippen LogP contribution in [0.2, 0.25) is 0 Å². The molecule has 2 N–H and O–H groups in total. The van der Waals surface area contributed by atoms with E-state index < -0.39 is 0 Å². The van der Waals surface area contributed by atoms with Gasteiger partial charge in [0.15, 0.2) is 5.69 Å². The van der Waals surface area contributed by atoms with Gasteiger partial charge in [0.2, 0.25) is 5.91 Å². The summed E-state index contributed by atoms with van der Waals surface area (Å²) < 4.78 is 0. The molecule has 1 aliphatic heterocycles. The molecule has 0 bridgehead atoms. The zero-order valence-corrected chi connectivity index (χ0v) is 12.8. The van der Waals surface area contributed by atoms with Gasteiger partial charge >= 0.3 is 0 Å². The summed E-state index contributed by atoms with van der Waals surface area (Å²) >= 11 is 0. The Labute approximate surface area is 133 Å². The van der Waals surface area contributed by atoms with E-state index in [1.54, 1.807) is 11.9 Å². The first-order valence-corrected chi connectivity index (χ1v) is 7.75. The molecule has 1 aromatic heterocycles. The van der Waals surface area contributed by atoms with E-state index in [1.807, 2.05) is 18.2 Å². The number of H-pyrrole nitrogens is 1. The summed E-state index contributed by atoms with van der Waals surface area (Å²) in [6.45, 7) is 0. The molecule has 2 aromatic rings. The number of fused-ring (bicyclic) bond motifs is 1. The average Bonchev–Trinajstić information content (AvgIpc) is 3.27. The fourth-order valence-electron chi connectivity index (χ4n) is 2.97. The predicted molar refractivity (Wildman–Crippen MR) is 84.5 cm³/mol. The molecule has 1 aromatic carbocycles. The molecule has 2 heterocycles. The fraction of sp³-hybridized carbons (Fsp3) is 0.375. The van der Waals surface area contributed by atoms with Gasteiger partial charge in [-0.3, -0.25) is 9.59 Å². The highest BCUT2D eigenvalue weighted by Crippen LogP contribution is 2.40. The Balaban J connectivity index is 1.56. The monoisotopic (exact) mass is 311 g/mol. The van der Waals surface area contributed by atoms with Gasteiger partial charge in [-0.1, -0.05) is 0 Å². The van der Waals surface area contributed by atoms with Crippen LogP contribution in [0.1, 0.15) is 46.9 Å². The lowest BCUT2D eigenvalue weighted by atomic mass is 10.0. The molecule has 2 amide bonds. The van der Waals surface area contributed by atoms with Gasteiger partial charge in [-0.2, -0.15) is 15.4 Å². The minimum atomic E-state index is -0.249. The molecule has 23 heavy (non-hydrogen) atoms. The summed E-state index contributed by atoms with van der Waals surface area (Å²) in [6.07, 6.45) is 3.31. The third-order valence-electron chi connectivity index (χ3n) is 4.44. The quantitative estimate of drug-likeness (QED) is 0.905. The van der Waals surface area contributed by atoms with Crippen LogP contribution in [-0.2, 0) is 11.2 Å².